The van der Waals surface area contributed by atoms with Gasteiger partial charge in [-0.25, -0.2) is 13.6 Å². The van der Waals surface area contributed by atoms with Crippen LogP contribution in [0.2, 0.25) is 10.0 Å². The van der Waals surface area contributed by atoms with Crippen LogP contribution in [0.15, 0.2) is 47.4 Å². The van der Waals surface area contributed by atoms with Gasteiger partial charge in [-0.05, 0) is 49.2 Å². The van der Waals surface area contributed by atoms with E-state index in [9.17, 15) is 13.2 Å². The molecule has 0 fully saturated rings. The molecule has 2 aromatic rings. The number of halogens is 2. The molecule has 0 radical (unpaired) electrons. The van der Waals surface area contributed by atoms with E-state index in [1.807, 2.05) is 13.8 Å². The lowest BCUT2D eigenvalue weighted by molar-refractivity contribution is -0.122. The summed E-state index contributed by atoms with van der Waals surface area (Å²) in [5.41, 5.74) is 0.848. The summed E-state index contributed by atoms with van der Waals surface area (Å²) in [4.78, 5) is 12.3. The quantitative estimate of drug-likeness (QED) is 0.806. The van der Waals surface area contributed by atoms with Crippen LogP contribution in [0.1, 0.15) is 25.0 Å². The average Bonchev–Trinajstić information content (AvgIpc) is 2.48. The number of hydrogen-bond acceptors (Lipinski definition) is 3. The zero-order valence-corrected chi connectivity index (χ0v) is 16.0. The molecule has 0 aliphatic rings. The van der Waals surface area contributed by atoms with E-state index in [1.165, 1.54) is 12.1 Å². The first-order valence-electron chi connectivity index (χ1n) is 7.37. The van der Waals surface area contributed by atoms with Gasteiger partial charge in [-0.15, -0.1) is 0 Å². The van der Waals surface area contributed by atoms with Crippen LogP contribution in [0.5, 0.6) is 0 Å². The number of carbonyl (C=O) groups is 1. The third-order valence-corrected chi connectivity index (χ3v) is 5.38. The molecule has 0 saturated carbocycles. The zero-order valence-electron chi connectivity index (χ0n) is 13.7. The summed E-state index contributed by atoms with van der Waals surface area (Å²) < 4.78 is 22.5. The number of benzene rings is 2. The van der Waals surface area contributed by atoms with Gasteiger partial charge in [-0.3, -0.25) is 4.79 Å². The molecule has 0 unspecified atom stereocenters. The summed E-state index contributed by atoms with van der Waals surface area (Å²) in [6.45, 7) is 3.71. The van der Waals surface area contributed by atoms with E-state index >= 15 is 0 Å². The van der Waals surface area contributed by atoms with Gasteiger partial charge in [0.15, 0.2) is 0 Å². The number of nitrogens with two attached hydrogens (primary N) is 1. The van der Waals surface area contributed by atoms with Crippen LogP contribution < -0.4 is 10.5 Å². The van der Waals surface area contributed by atoms with Crippen molar-refractivity contribution in [1.29, 1.82) is 0 Å². The van der Waals surface area contributed by atoms with Gasteiger partial charge in [0.1, 0.15) is 0 Å². The van der Waals surface area contributed by atoms with E-state index in [2.05, 4.69) is 5.32 Å². The lowest BCUT2D eigenvalue weighted by Crippen LogP contribution is -2.41. The SMILES string of the molecule is CC(C)(NC(=O)Cc1ccc(S(N)(=O)=O)cc1)c1ccc(Cl)c(Cl)c1. The summed E-state index contributed by atoms with van der Waals surface area (Å²) in [6.07, 6.45) is 0.107. The number of primary sulfonamides is 1. The topological polar surface area (TPSA) is 89.3 Å². The van der Waals surface area contributed by atoms with Gasteiger partial charge < -0.3 is 5.32 Å². The third kappa shape index (κ3) is 5.19. The Balaban J connectivity index is 2.09. The summed E-state index contributed by atoms with van der Waals surface area (Å²) in [7, 11) is -3.74. The number of amides is 1. The predicted octanol–water partition coefficient (Wildman–Crippen LogP) is 3.23. The zero-order chi connectivity index (χ0) is 18.8. The number of carbonyl (C=O) groups excluding carboxylic acids is 1. The fourth-order valence-corrected chi connectivity index (χ4v) is 3.15. The van der Waals surface area contributed by atoms with Crippen molar-refractivity contribution in [3.8, 4) is 0 Å². The number of rotatable bonds is 5. The highest BCUT2D eigenvalue weighted by molar-refractivity contribution is 7.89. The molecular weight excluding hydrogens is 383 g/mol. The summed E-state index contributed by atoms with van der Waals surface area (Å²) >= 11 is 12.0. The van der Waals surface area contributed by atoms with Crippen LogP contribution in [0.4, 0.5) is 0 Å². The Morgan fingerprint density at radius 3 is 2.20 bits per heavy atom. The van der Waals surface area contributed by atoms with Crippen molar-refractivity contribution >= 4 is 39.1 Å². The molecular formula is C17H18Cl2N2O3S. The monoisotopic (exact) mass is 400 g/mol. The smallest absolute Gasteiger partial charge is 0.238 e. The van der Waals surface area contributed by atoms with E-state index in [-0.39, 0.29) is 17.2 Å². The second kappa shape index (κ2) is 7.33. The van der Waals surface area contributed by atoms with Crippen molar-refractivity contribution in [2.24, 2.45) is 5.14 Å². The molecule has 0 bridgehead atoms. The Kier molecular flexibility index (Phi) is 5.79. The van der Waals surface area contributed by atoms with Gasteiger partial charge in [-0.1, -0.05) is 41.4 Å². The molecule has 1 amide bonds. The minimum Gasteiger partial charge on any atom is -0.347 e. The lowest BCUT2D eigenvalue weighted by Gasteiger charge is -2.27. The van der Waals surface area contributed by atoms with E-state index in [1.54, 1.807) is 30.3 Å². The minimum atomic E-state index is -3.74. The van der Waals surface area contributed by atoms with Crippen LogP contribution in [0.3, 0.4) is 0 Å². The van der Waals surface area contributed by atoms with Gasteiger partial charge in [0.25, 0.3) is 0 Å². The van der Waals surface area contributed by atoms with Gasteiger partial charge >= 0.3 is 0 Å². The van der Waals surface area contributed by atoms with E-state index in [0.29, 0.717) is 15.6 Å². The molecule has 0 spiro atoms. The maximum Gasteiger partial charge on any atom is 0.238 e. The standard InChI is InChI=1S/C17H18Cl2N2O3S/c1-17(2,12-5-8-14(18)15(19)10-12)21-16(22)9-11-3-6-13(7-4-11)25(20,23)24/h3-8,10H,9H2,1-2H3,(H,21,22)(H2,20,23,24). The molecule has 25 heavy (non-hydrogen) atoms. The Morgan fingerprint density at radius 1 is 1.08 bits per heavy atom. The largest absolute Gasteiger partial charge is 0.347 e. The highest BCUT2D eigenvalue weighted by Gasteiger charge is 2.23. The van der Waals surface area contributed by atoms with Crippen LogP contribution >= 0.6 is 23.2 Å². The molecule has 0 saturated heterocycles. The van der Waals surface area contributed by atoms with Crippen LogP contribution in [-0.4, -0.2) is 14.3 Å². The minimum absolute atomic E-state index is 0.00722. The molecule has 134 valence electrons. The summed E-state index contributed by atoms with van der Waals surface area (Å²) in [6, 6.07) is 11.1. The predicted molar refractivity (Wildman–Crippen MR) is 99.1 cm³/mol. The average molecular weight is 401 g/mol. The van der Waals surface area contributed by atoms with Crippen molar-refractivity contribution in [3.63, 3.8) is 0 Å². The van der Waals surface area contributed by atoms with Crippen molar-refractivity contribution in [3.05, 3.63) is 63.6 Å². The first kappa shape index (κ1) is 19.7. The fraction of sp³-hybridized carbons (Fsp3) is 0.235. The molecule has 0 aromatic heterocycles. The molecule has 5 nitrogen and oxygen atoms in total. The molecule has 0 aliphatic heterocycles. The second-order valence-electron chi connectivity index (χ2n) is 6.17. The van der Waals surface area contributed by atoms with Crippen LogP contribution in [-0.2, 0) is 26.8 Å². The fourth-order valence-electron chi connectivity index (χ4n) is 2.33. The van der Waals surface area contributed by atoms with Gasteiger partial charge in [0.2, 0.25) is 15.9 Å². The van der Waals surface area contributed by atoms with Crippen LogP contribution in [0, 0.1) is 0 Å². The molecule has 0 aliphatic carbocycles. The first-order valence-corrected chi connectivity index (χ1v) is 9.67. The molecule has 2 rings (SSSR count). The van der Waals surface area contributed by atoms with E-state index < -0.39 is 15.6 Å². The molecule has 2 aromatic carbocycles. The Morgan fingerprint density at radius 2 is 1.68 bits per heavy atom. The van der Waals surface area contributed by atoms with Crippen molar-refractivity contribution in [1.82, 2.24) is 5.32 Å². The maximum atomic E-state index is 12.3. The molecule has 0 heterocycles. The Labute approximate surface area is 157 Å². The summed E-state index contributed by atoms with van der Waals surface area (Å²) in [5.74, 6) is -0.209. The highest BCUT2D eigenvalue weighted by Crippen LogP contribution is 2.28. The summed E-state index contributed by atoms with van der Waals surface area (Å²) in [5, 5.41) is 8.84. The second-order valence-corrected chi connectivity index (χ2v) is 8.54. The van der Waals surface area contributed by atoms with E-state index in [4.69, 9.17) is 28.3 Å². The maximum absolute atomic E-state index is 12.3. The first-order chi connectivity index (χ1) is 11.5. The van der Waals surface area contributed by atoms with Gasteiger partial charge in [-0.2, -0.15) is 0 Å². The Hall–Kier alpha value is -1.60. The molecule has 0 atom stereocenters. The van der Waals surface area contributed by atoms with Crippen LogP contribution in [0.25, 0.3) is 0 Å². The number of nitrogens with one attached hydrogen (secondary N) is 1. The number of hydrogen-bond donors (Lipinski definition) is 2. The van der Waals surface area contributed by atoms with Crippen molar-refractivity contribution in [2.75, 3.05) is 0 Å². The third-order valence-electron chi connectivity index (χ3n) is 3.71. The van der Waals surface area contributed by atoms with Crippen molar-refractivity contribution in [2.45, 2.75) is 30.7 Å². The highest BCUT2D eigenvalue weighted by atomic mass is 35.5. The molecule has 8 heteroatoms. The van der Waals surface area contributed by atoms with Crippen molar-refractivity contribution < 1.29 is 13.2 Å². The Bertz CT molecular complexity index is 895. The van der Waals surface area contributed by atoms with Gasteiger partial charge in [0.05, 0.1) is 26.9 Å². The molecule has 3 N–H and O–H groups in total. The van der Waals surface area contributed by atoms with Gasteiger partial charge in [0, 0.05) is 0 Å². The normalized spacial score (nSPS) is 12.0. The number of sulfonamides is 1. The lowest BCUT2D eigenvalue weighted by atomic mass is 9.94. The van der Waals surface area contributed by atoms with E-state index in [0.717, 1.165) is 5.56 Å².